The van der Waals surface area contributed by atoms with Crippen molar-refractivity contribution in [2.45, 2.75) is 50.4 Å². The number of halogens is 4. The summed E-state index contributed by atoms with van der Waals surface area (Å²) in [5.74, 6) is -2.02. The molecule has 0 aliphatic heterocycles. The molecule has 2 aromatic rings. The van der Waals surface area contributed by atoms with Crippen LogP contribution in [0.25, 0.3) is 0 Å². The molecule has 0 radical (unpaired) electrons. The third-order valence-electron chi connectivity index (χ3n) is 5.57. The molecule has 166 valence electrons. The lowest BCUT2D eigenvalue weighted by molar-refractivity contribution is -0.182. The van der Waals surface area contributed by atoms with Gasteiger partial charge in [-0.15, -0.1) is 0 Å². The zero-order valence-corrected chi connectivity index (χ0v) is 17.5. The fourth-order valence-electron chi connectivity index (χ4n) is 3.86. The maximum atomic E-state index is 12.8. The summed E-state index contributed by atoms with van der Waals surface area (Å²) in [4.78, 5) is 25.4. The summed E-state index contributed by atoms with van der Waals surface area (Å²) in [6.07, 6.45) is -3.61. The van der Waals surface area contributed by atoms with Crippen molar-refractivity contribution in [3.05, 3.63) is 70.7 Å². The van der Waals surface area contributed by atoms with E-state index >= 15 is 0 Å². The minimum absolute atomic E-state index is 0.0137. The van der Waals surface area contributed by atoms with Crippen molar-refractivity contribution in [3.8, 4) is 0 Å². The molecule has 3 rings (SSSR count). The van der Waals surface area contributed by atoms with Crippen molar-refractivity contribution in [2.24, 2.45) is 5.92 Å². The fraction of sp³-hybridized carbons (Fsp3) is 0.391. The van der Waals surface area contributed by atoms with Gasteiger partial charge < -0.3 is 10.6 Å². The third kappa shape index (κ3) is 6.47. The molecule has 0 heterocycles. The molecule has 0 saturated heterocycles. The molecule has 0 unspecified atom stereocenters. The van der Waals surface area contributed by atoms with Crippen LogP contribution in [0.1, 0.15) is 54.1 Å². The molecule has 1 aliphatic rings. The molecule has 1 atom stereocenters. The van der Waals surface area contributed by atoms with Crippen molar-refractivity contribution in [2.75, 3.05) is 0 Å². The van der Waals surface area contributed by atoms with E-state index in [2.05, 4.69) is 10.6 Å². The second-order valence-electron chi connectivity index (χ2n) is 7.78. The molecule has 0 bridgehead atoms. The fourth-order valence-corrected chi connectivity index (χ4v) is 4.08. The van der Waals surface area contributed by atoms with Crippen LogP contribution in [0, 0.1) is 5.92 Å². The van der Waals surface area contributed by atoms with Crippen molar-refractivity contribution in [3.63, 3.8) is 0 Å². The van der Waals surface area contributed by atoms with Crippen LogP contribution in [0.15, 0.2) is 54.6 Å². The Balaban J connectivity index is 1.63. The first-order valence-electron chi connectivity index (χ1n) is 10.2. The maximum absolute atomic E-state index is 12.8. The van der Waals surface area contributed by atoms with Crippen LogP contribution in [0.5, 0.6) is 0 Å². The lowest BCUT2D eigenvalue weighted by Crippen LogP contribution is -2.41. The van der Waals surface area contributed by atoms with E-state index in [1.807, 2.05) is 6.07 Å². The van der Waals surface area contributed by atoms with E-state index in [0.29, 0.717) is 10.6 Å². The van der Waals surface area contributed by atoms with Crippen LogP contribution < -0.4 is 10.6 Å². The Labute approximate surface area is 184 Å². The second kappa shape index (κ2) is 10.2. The van der Waals surface area contributed by atoms with Crippen LogP contribution in [-0.2, 0) is 4.79 Å². The molecule has 4 nitrogen and oxygen atoms in total. The third-order valence-corrected chi connectivity index (χ3v) is 5.90. The van der Waals surface area contributed by atoms with E-state index in [9.17, 15) is 22.8 Å². The average Bonchev–Trinajstić information content (AvgIpc) is 2.74. The van der Waals surface area contributed by atoms with Gasteiger partial charge in [0, 0.05) is 6.04 Å². The van der Waals surface area contributed by atoms with Gasteiger partial charge in [0.1, 0.15) is 0 Å². The van der Waals surface area contributed by atoms with Gasteiger partial charge in [-0.3, -0.25) is 9.59 Å². The Kier molecular flexibility index (Phi) is 7.59. The Morgan fingerprint density at radius 3 is 2.19 bits per heavy atom. The van der Waals surface area contributed by atoms with Crippen molar-refractivity contribution < 1.29 is 22.8 Å². The first kappa shape index (κ1) is 23.1. The van der Waals surface area contributed by atoms with E-state index in [0.717, 1.165) is 5.56 Å². The number of amides is 2. The highest BCUT2D eigenvalue weighted by Gasteiger charge is 2.41. The summed E-state index contributed by atoms with van der Waals surface area (Å²) < 4.78 is 38.5. The monoisotopic (exact) mass is 452 g/mol. The van der Waals surface area contributed by atoms with Gasteiger partial charge in [0.05, 0.1) is 29.0 Å². The van der Waals surface area contributed by atoms with Gasteiger partial charge in [-0.1, -0.05) is 54.1 Å². The molecule has 0 aromatic heterocycles. The zero-order valence-electron chi connectivity index (χ0n) is 16.8. The smallest absolute Gasteiger partial charge is 0.353 e. The highest BCUT2D eigenvalue weighted by Crippen LogP contribution is 2.37. The highest BCUT2D eigenvalue weighted by molar-refractivity contribution is 6.33. The number of nitrogens with one attached hydrogen (secondary N) is 2. The molecule has 2 amide bonds. The van der Waals surface area contributed by atoms with Crippen molar-refractivity contribution >= 4 is 23.4 Å². The standard InChI is InChI=1S/C23H24ClF3N2O2/c24-19-9-5-4-8-18(19)22(31)29-20(15-6-2-1-3-7-15)14-21(30)28-17-12-10-16(11-13-17)23(25,26)27/h1-9,16-17,20H,10-14H2,(H,28,30)(H,29,31)/t16?,17?,20-/m1/s1. The van der Waals surface area contributed by atoms with Crippen molar-refractivity contribution in [1.29, 1.82) is 0 Å². The van der Waals surface area contributed by atoms with Gasteiger partial charge in [0.2, 0.25) is 5.91 Å². The van der Waals surface area contributed by atoms with Gasteiger partial charge in [-0.25, -0.2) is 0 Å². The summed E-state index contributed by atoms with van der Waals surface area (Å²) in [5, 5.41) is 5.99. The number of hydrogen-bond donors (Lipinski definition) is 2. The van der Waals surface area contributed by atoms with Gasteiger partial charge in [0.15, 0.2) is 0 Å². The number of carbonyl (C=O) groups excluding carboxylic acids is 2. The number of carbonyl (C=O) groups is 2. The molecule has 1 aliphatic carbocycles. The first-order chi connectivity index (χ1) is 14.7. The molecule has 31 heavy (non-hydrogen) atoms. The van der Waals surface area contributed by atoms with Crippen LogP contribution in [0.4, 0.5) is 13.2 Å². The summed E-state index contributed by atoms with van der Waals surface area (Å²) in [5.41, 5.74) is 1.05. The van der Waals surface area contributed by atoms with Gasteiger partial charge in [-0.2, -0.15) is 13.2 Å². The molecular formula is C23H24ClF3N2O2. The van der Waals surface area contributed by atoms with E-state index in [1.54, 1.807) is 48.5 Å². The SMILES string of the molecule is O=C(C[C@@H](NC(=O)c1ccccc1Cl)c1ccccc1)NC1CCC(C(F)(F)F)CC1. The topological polar surface area (TPSA) is 58.2 Å². The van der Waals surface area contributed by atoms with Gasteiger partial charge in [-0.05, 0) is 43.4 Å². The summed E-state index contributed by atoms with van der Waals surface area (Å²) >= 11 is 6.11. The number of benzene rings is 2. The molecule has 2 aromatic carbocycles. The summed E-state index contributed by atoms with van der Waals surface area (Å²) in [6.45, 7) is 0. The lowest BCUT2D eigenvalue weighted by Gasteiger charge is -2.30. The molecule has 0 spiro atoms. The number of hydrogen-bond acceptors (Lipinski definition) is 2. The highest BCUT2D eigenvalue weighted by atomic mass is 35.5. The lowest BCUT2D eigenvalue weighted by atomic mass is 9.85. The minimum Gasteiger partial charge on any atom is -0.353 e. The van der Waals surface area contributed by atoms with E-state index < -0.39 is 24.0 Å². The normalized spacial score (nSPS) is 20.0. The van der Waals surface area contributed by atoms with Crippen LogP contribution in [-0.4, -0.2) is 24.0 Å². The van der Waals surface area contributed by atoms with Crippen LogP contribution in [0.3, 0.4) is 0 Å². The maximum Gasteiger partial charge on any atom is 0.391 e. The zero-order chi connectivity index (χ0) is 22.4. The quantitative estimate of drug-likeness (QED) is 0.613. The molecule has 1 saturated carbocycles. The van der Waals surface area contributed by atoms with Gasteiger partial charge in [0.25, 0.3) is 5.91 Å². The molecular weight excluding hydrogens is 429 g/mol. The second-order valence-corrected chi connectivity index (χ2v) is 8.19. The van der Waals surface area contributed by atoms with E-state index in [1.165, 1.54) is 0 Å². The Hall–Kier alpha value is -2.54. The number of alkyl halides is 3. The largest absolute Gasteiger partial charge is 0.391 e. The molecule has 1 fully saturated rings. The predicted molar refractivity (Wildman–Crippen MR) is 113 cm³/mol. The summed E-state index contributed by atoms with van der Waals surface area (Å²) in [6, 6.07) is 14.8. The van der Waals surface area contributed by atoms with E-state index in [4.69, 9.17) is 11.6 Å². The molecule has 2 N–H and O–H groups in total. The first-order valence-corrected chi connectivity index (χ1v) is 10.6. The van der Waals surface area contributed by atoms with Crippen LogP contribution >= 0.6 is 11.6 Å². The van der Waals surface area contributed by atoms with Crippen molar-refractivity contribution in [1.82, 2.24) is 10.6 Å². The van der Waals surface area contributed by atoms with E-state index in [-0.39, 0.29) is 44.1 Å². The van der Waals surface area contributed by atoms with Gasteiger partial charge >= 0.3 is 6.18 Å². The Morgan fingerprint density at radius 2 is 1.58 bits per heavy atom. The predicted octanol–water partition coefficient (Wildman–Crippen LogP) is 5.44. The summed E-state index contributed by atoms with van der Waals surface area (Å²) in [7, 11) is 0. The number of rotatable bonds is 6. The molecule has 8 heteroatoms. The Morgan fingerprint density at radius 1 is 0.968 bits per heavy atom. The minimum atomic E-state index is -4.18. The average molecular weight is 453 g/mol. The Bertz CT molecular complexity index is 897. The van der Waals surface area contributed by atoms with Crippen LogP contribution in [0.2, 0.25) is 5.02 Å².